The van der Waals surface area contributed by atoms with Gasteiger partial charge in [0.2, 0.25) is 5.95 Å². The van der Waals surface area contributed by atoms with Crippen molar-refractivity contribution in [3.8, 4) is 0 Å². The second-order valence-corrected chi connectivity index (χ2v) is 4.39. The average molecular weight is 220 g/mol. The molecule has 0 saturated carbocycles. The zero-order chi connectivity index (χ0) is 11.4. The molecule has 1 saturated heterocycles. The minimum Gasteiger partial charge on any atom is -0.341 e. The molecule has 88 valence electrons. The molecule has 2 rings (SSSR count). The SMILES string of the molecule is CCC1CCN(c2nccc(CN)n2)CC1. The summed E-state index contributed by atoms with van der Waals surface area (Å²) >= 11 is 0. The van der Waals surface area contributed by atoms with Crippen molar-refractivity contribution in [1.29, 1.82) is 0 Å². The molecular weight excluding hydrogens is 200 g/mol. The van der Waals surface area contributed by atoms with Crippen LogP contribution in [0.15, 0.2) is 12.3 Å². The molecule has 1 fully saturated rings. The maximum Gasteiger partial charge on any atom is 0.225 e. The number of hydrogen-bond acceptors (Lipinski definition) is 4. The molecule has 16 heavy (non-hydrogen) atoms. The van der Waals surface area contributed by atoms with Gasteiger partial charge in [0.1, 0.15) is 0 Å². The van der Waals surface area contributed by atoms with Crippen molar-refractivity contribution in [2.24, 2.45) is 11.7 Å². The normalized spacial score (nSPS) is 17.8. The first-order valence-corrected chi connectivity index (χ1v) is 6.10. The maximum atomic E-state index is 5.58. The van der Waals surface area contributed by atoms with Gasteiger partial charge in [-0.3, -0.25) is 0 Å². The summed E-state index contributed by atoms with van der Waals surface area (Å²) in [4.78, 5) is 11.0. The first kappa shape index (κ1) is 11.3. The zero-order valence-electron chi connectivity index (χ0n) is 9.89. The highest BCUT2D eigenvalue weighted by Gasteiger charge is 2.19. The van der Waals surface area contributed by atoms with E-state index in [4.69, 9.17) is 5.73 Å². The molecule has 0 unspecified atom stereocenters. The number of aromatic nitrogens is 2. The van der Waals surface area contributed by atoms with Crippen LogP contribution in [-0.2, 0) is 6.54 Å². The van der Waals surface area contributed by atoms with E-state index < -0.39 is 0 Å². The standard InChI is InChI=1S/C12H20N4/c1-2-10-4-7-16(8-5-10)12-14-6-3-11(9-13)15-12/h3,6,10H,2,4-5,7-9,13H2,1H3. The van der Waals surface area contributed by atoms with Crippen LogP contribution in [0.5, 0.6) is 0 Å². The first-order chi connectivity index (χ1) is 7.83. The quantitative estimate of drug-likeness (QED) is 0.840. The van der Waals surface area contributed by atoms with Crippen LogP contribution in [-0.4, -0.2) is 23.1 Å². The van der Waals surface area contributed by atoms with Crippen molar-refractivity contribution in [2.45, 2.75) is 32.7 Å². The van der Waals surface area contributed by atoms with E-state index in [-0.39, 0.29) is 0 Å². The van der Waals surface area contributed by atoms with Crippen molar-refractivity contribution in [3.63, 3.8) is 0 Å². The number of hydrogen-bond donors (Lipinski definition) is 1. The highest BCUT2D eigenvalue weighted by molar-refractivity contribution is 5.30. The Kier molecular flexibility index (Phi) is 3.72. The molecule has 0 amide bonds. The Bertz CT molecular complexity index is 332. The van der Waals surface area contributed by atoms with Gasteiger partial charge in [0.05, 0.1) is 5.69 Å². The van der Waals surface area contributed by atoms with Crippen molar-refractivity contribution in [3.05, 3.63) is 18.0 Å². The molecule has 0 aromatic carbocycles. The lowest BCUT2D eigenvalue weighted by Crippen LogP contribution is -2.34. The molecule has 1 aromatic rings. The third-order valence-corrected chi connectivity index (χ3v) is 3.38. The van der Waals surface area contributed by atoms with Crippen LogP contribution < -0.4 is 10.6 Å². The summed E-state index contributed by atoms with van der Waals surface area (Å²) < 4.78 is 0. The van der Waals surface area contributed by atoms with E-state index in [1.807, 2.05) is 6.07 Å². The third kappa shape index (κ3) is 2.50. The minimum absolute atomic E-state index is 0.487. The fourth-order valence-corrected chi connectivity index (χ4v) is 2.19. The maximum absolute atomic E-state index is 5.58. The molecule has 0 aliphatic carbocycles. The molecule has 1 aliphatic rings. The minimum atomic E-state index is 0.487. The van der Waals surface area contributed by atoms with E-state index in [0.29, 0.717) is 6.54 Å². The Balaban J connectivity index is 2.02. The number of piperidine rings is 1. The van der Waals surface area contributed by atoms with Crippen LogP contribution in [0.1, 0.15) is 31.9 Å². The lowest BCUT2D eigenvalue weighted by atomic mass is 9.95. The Morgan fingerprint density at radius 2 is 2.19 bits per heavy atom. The zero-order valence-corrected chi connectivity index (χ0v) is 9.89. The van der Waals surface area contributed by atoms with Crippen molar-refractivity contribution < 1.29 is 0 Å². The van der Waals surface area contributed by atoms with E-state index in [1.54, 1.807) is 6.20 Å². The topological polar surface area (TPSA) is 55.0 Å². The third-order valence-electron chi connectivity index (χ3n) is 3.38. The number of anilines is 1. The molecule has 4 nitrogen and oxygen atoms in total. The van der Waals surface area contributed by atoms with Gasteiger partial charge >= 0.3 is 0 Å². The second-order valence-electron chi connectivity index (χ2n) is 4.39. The molecular formula is C12H20N4. The molecule has 0 bridgehead atoms. The number of nitrogens with two attached hydrogens (primary N) is 1. The van der Waals surface area contributed by atoms with Gasteiger partial charge in [-0.1, -0.05) is 13.3 Å². The van der Waals surface area contributed by atoms with Crippen LogP contribution in [0, 0.1) is 5.92 Å². The summed E-state index contributed by atoms with van der Waals surface area (Å²) in [6.45, 7) is 4.91. The summed E-state index contributed by atoms with van der Waals surface area (Å²) in [7, 11) is 0. The number of rotatable bonds is 3. The molecule has 1 aromatic heterocycles. The van der Waals surface area contributed by atoms with Gasteiger partial charge in [0.25, 0.3) is 0 Å². The van der Waals surface area contributed by atoms with Gasteiger partial charge in [0, 0.05) is 25.8 Å². The van der Waals surface area contributed by atoms with Crippen molar-refractivity contribution in [2.75, 3.05) is 18.0 Å². The fraction of sp³-hybridized carbons (Fsp3) is 0.667. The van der Waals surface area contributed by atoms with Crippen LogP contribution >= 0.6 is 0 Å². The average Bonchev–Trinajstić information content (AvgIpc) is 2.39. The molecule has 2 N–H and O–H groups in total. The van der Waals surface area contributed by atoms with Gasteiger partial charge in [-0.2, -0.15) is 0 Å². The summed E-state index contributed by atoms with van der Waals surface area (Å²) in [6.07, 6.45) is 5.60. The molecule has 4 heteroatoms. The number of nitrogens with zero attached hydrogens (tertiary/aromatic N) is 3. The summed E-state index contributed by atoms with van der Waals surface area (Å²) in [5.41, 5.74) is 6.50. The highest BCUT2D eigenvalue weighted by Crippen LogP contribution is 2.22. The predicted molar refractivity (Wildman–Crippen MR) is 65.2 cm³/mol. The van der Waals surface area contributed by atoms with Gasteiger partial charge in [-0.15, -0.1) is 0 Å². The van der Waals surface area contributed by atoms with E-state index >= 15 is 0 Å². The summed E-state index contributed by atoms with van der Waals surface area (Å²) in [5.74, 6) is 1.73. The van der Waals surface area contributed by atoms with Crippen LogP contribution in [0.3, 0.4) is 0 Å². The summed E-state index contributed by atoms with van der Waals surface area (Å²) in [5, 5.41) is 0. The second kappa shape index (κ2) is 5.25. The van der Waals surface area contributed by atoms with E-state index in [9.17, 15) is 0 Å². The van der Waals surface area contributed by atoms with Crippen LogP contribution in [0.4, 0.5) is 5.95 Å². The molecule has 0 atom stereocenters. The fourth-order valence-electron chi connectivity index (χ4n) is 2.19. The lowest BCUT2D eigenvalue weighted by molar-refractivity contribution is 0.392. The summed E-state index contributed by atoms with van der Waals surface area (Å²) in [6, 6.07) is 1.88. The lowest BCUT2D eigenvalue weighted by Gasteiger charge is -2.31. The predicted octanol–water partition coefficient (Wildman–Crippen LogP) is 1.56. The van der Waals surface area contributed by atoms with Crippen LogP contribution in [0.2, 0.25) is 0 Å². The largest absolute Gasteiger partial charge is 0.341 e. The Morgan fingerprint density at radius 3 is 2.81 bits per heavy atom. The smallest absolute Gasteiger partial charge is 0.225 e. The van der Waals surface area contributed by atoms with Gasteiger partial charge in [-0.25, -0.2) is 9.97 Å². The van der Waals surface area contributed by atoms with Crippen molar-refractivity contribution >= 4 is 5.95 Å². The van der Waals surface area contributed by atoms with E-state index in [2.05, 4.69) is 21.8 Å². The van der Waals surface area contributed by atoms with Gasteiger partial charge in [0.15, 0.2) is 0 Å². The Hall–Kier alpha value is -1.16. The molecule has 2 heterocycles. The molecule has 1 aliphatic heterocycles. The van der Waals surface area contributed by atoms with E-state index in [1.165, 1.54) is 19.3 Å². The van der Waals surface area contributed by atoms with E-state index in [0.717, 1.165) is 30.6 Å². The van der Waals surface area contributed by atoms with Crippen molar-refractivity contribution in [1.82, 2.24) is 9.97 Å². The monoisotopic (exact) mass is 220 g/mol. The van der Waals surface area contributed by atoms with Gasteiger partial charge in [-0.05, 0) is 24.8 Å². The first-order valence-electron chi connectivity index (χ1n) is 6.10. The Morgan fingerprint density at radius 1 is 1.44 bits per heavy atom. The molecule has 0 radical (unpaired) electrons. The van der Waals surface area contributed by atoms with Gasteiger partial charge < -0.3 is 10.6 Å². The molecule has 0 spiro atoms. The van der Waals surface area contributed by atoms with Crippen LogP contribution in [0.25, 0.3) is 0 Å². The Labute approximate surface area is 96.9 Å². The highest BCUT2D eigenvalue weighted by atomic mass is 15.2.